The monoisotopic (exact) mass is 263 g/mol. The summed E-state index contributed by atoms with van der Waals surface area (Å²) in [5, 5.41) is 1.20. The molecule has 2 rings (SSSR count). The fourth-order valence-electron chi connectivity index (χ4n) is 1.02. The van der Waals surface area contributed by atoms with Crippen LogP contribution in [-0.2, 0) is 10.1 Å². The van der Waals surface area contributed by atoms with Crippen LogP contribution in [0.5, 0.6) is 0 Å². The van der Waals surface area contributed by atoms with Gasteiger partial charge >= 0.3 is 29.6 Å². The van der Waals surface area contributed by atoms with E-state index in [1.165, 1.54) is 12.3 Å². The van der Waals surface area contributed by atoms with Crippen molar-refractivity contribution in [2.24, 2.45) is 0 Å². The molecule has 0 saturated carbocycles. The normalized spacial score (nSPS) is 10.0. The van der Waals surface area contributed by atoms with Gasteiger partial charge in [0, 0.05) is 11.6 Å². The van der Waals surface area contributed by atoms with E-state index in [1.807, 2.05) is 30.5 Å². The first-order chi connectivity index (χ1) is 7.53. The zero-order valence-electron chi connectivity index (χ0n) is 10.9. The molecule has 0 bridgehead atoms. The summed E-state index contributed by atoms with van der Waals surface area (Å²) in [5.74, 6) is -0.201. The molecule has 0 spiro atoms. The Hall–Kier alpha value is -0.460. The summed E-state index contributed by atoms with van der Waals surface area (Å²) in [6.07, 6.45) is 1.81. The average Bonchev–Trinajstić information content (AvgIpc) is 2.29. The van der Waals surface area contributed by atoms with E-state index >= 15 is 0 Å². The maximum absolute atomic E-state index is 9.56. The van der Waals surface area contributed by atoms with Crippen LogP contribution in [0.25, 0.3) is 10.9 Å². The quantitative estimate of drug-likeness (QED) is 0.543. The maximum Gasteiger partial charge on any atom is 1.00 e. The first-order valence-electron chi connectivity index (χ1n) is 4.78. The summed E-state index contributed by atoms with van der Waals surface area (Å²) in [5.41, 5.74) is 1.06. The average molecular weight is 263 g/mol. The number of rotatable bonds is 1. The Balaban J connectivity index is 0. The number of fused-ring (bicyclic) bond motifs is 1. The summed E-state index contributed by atoms with van der Waals surface area (Å²) >= 11 is 0. The van der Waals surface area contributed by atoms with Gasteiger partial charge in [-0.2, -0.15) is 8.42 Å². The Morgan fingerprint density at radius 3 is 2.29 bits per heavy atom. The van der Waals surface area contributed by atoms with Gasteiger partial charge in [-0.25, -0.2) is 0 Å². The van der Waals surface area contributed by atoms with Gasteiger partial charge in [-0.1, -0.05) is 24.3 Å². The third-order valence-electron chi connectivity index (χ3n) is 1.88. The summed E-state index contributed by atoms with van der Waals surface area (Å²) in [6, 6.07) is 12.1. The molecule has 1 heterocycles. The van der Waals surface area contributed by atoms with Gasteiger partial charge in [0.2, 0.25) is 0 Å². The van der Waals surface area contributed by atoms with Gasteiger partial charge in [0.1, 0.15) is 0 Å². The largest absolute Gasteiger partial charge is 1.00 e. The van der Waals surface area contributed by atoms with Crippen LogP contribution in [-0.4, -0.2) is 23.7 Å². The summed E-state index contributed by atoms with van der Waals surface area (Å²) in [6.45, 7) is 1.37. The van der Waals surface area contributed by atoms with Crippen molar-refractivity contribution >= 4 is 21.0 Å². The number of hydrogen-bond acceptors (Lipinski definition) is 3. The van der Waals surface area contributed by atoms with Crippen molar-refractivity contribution in [2.75, 3.05) is 5.75 Å². The molecule has 0 aliphatic heterocycles. The van der Waals surface area contributed by atoms with Crippen molar-refractivity contribution in [3.8, 4) is 0 Å². The Bertz CT molecular complexity index is 497. The molecule has 0 atom stereocenters. The minimum Gasteiger partial charge on any atom is -1.00 e. The predicted octanol–water partition coefficient (Wildman–Crippen LogP) is -0.755. The standard InChI is InChI=1S/C9H7N.C2H6O3S.Na.H/c1-2-6-9-8(4-1)5-3-7-10-9;1-2-6(3,4)5;;/h1-7H;2H2,1H3,(H,3,4,5);;/q;;+1;-1. The van der Waals surface area contributed by atoms with Crippen LogP contribution in [0.4, 0.5) is 0 Å². The molecule has 0 amide bonds. The topological polar surface area (TPSA) is 67.3 Å². The van der Waals surface area contributed by atoms with E-state index in [0.717, 1.165) is 5.52 Å². The molecule has 17 heavy (non-hydrogen) atoms. The zero-order valence-corrected chi connectivity index (χ0v) is 12.7. The fraction of sp³-hybridized carbons (Fsp3) is 0.182. The minimum atomic E-state index is -3.66. The molecule has 0 aliphatic rings. The molecule has 0 saturated heterocycles. The van der Waals surface area contributed by atoms with Crippen LogP contribution in [0.15, 0.2) is 42.6 Å². The second-order valence-electron chi connectivity index (χ2n) is 3.07. The van der Waals surface area contributed by atoms with Gasteiger partial charge < -0.3 is 1.43 Å². The van der Waals surface area contributed by atoms with E-state index in [-0.39, 0.29) is 36.7 Å². The summed E-state index contributed by atoms with van der Waals surface area (Å²) < 4.78 is 26.9. The van der Waals surface area contributed by atoms with Crippen LogP contribution in [0.3, 0.4) is 0 Å². The molecular weight excluding hydrogens is 249 g/mol. The smallest absolute Gasteiger partial charge is 1.00 e. The summed E-state index contributed by atoms with van der Waals surface area (Å²) in [7, 11) is -3.66. The first kappa shape index (κ1) is 16.5. The Kier molecular flexibility index (Phi) is 7.58. The number of benzene rings is 1. The molecule has 1 N–H and O–H groups in total. The van der Waals surface area contributed by atoms with Crippen molar-refractivity contribution in [2.45, 2.75) is 6.92 Å². The molecule has 0 unspecified atom stereocenters. The van der Waals surface area contributed by atoms with Gasteiger partial charge in [-0.3, -0.25) is 9.54 Å². The van der Waals surface area contributed by atoms with Crippen molar-refractivity contribution < 1.29 is 44.0 Å². The molecule has 1 aromatic carbocycles. The molecular formula is C11H14NNaO3S. The van der Waals surface area contributed by atoms with Crippen molar-refractivity contribution in [1.29, 1.82) is 0 Å². The van der Waals surface area contributed by atoms with Gasteiger partial charge in [0.15, 0.2) is 0 Å². The van der Waals surface area contributed by atoms with E-state index in [1.54, 1.807) is 0 Å². The Morgan fingerprint density at radius 1 is 1.24 bits per heavy atom. The van der Waals surface area contributed by atoms with Crippen LogP contribution in [0.2, 0.25) is 0 Å². The first-order valence-corrected chi connectivity index (χ1v) is 6.39. The third-order valence-corrected chi connectivity index (χ3v) is 2.61. The van der Waals surface area contributed by atoms with Crippen LogP contribution < -0.4 is 29.6 Å². The zero-order chi connectivity index (χ0) is 12.0. The second-order valence-corrected chi connectivity index (χ2v) is 4.81. The van der Waals surface area contributed by atoms with Crippen molar-refractivity contribution in [3.05, 3.63) is 42.6 Å². The molecule has 1 aromatic heterocycles. The Morgan fingerprint density at radius 2 is 1.76 bits per heavy atom. The molecule has 88 valence electrons. The van der Waals surface area contributed by atoms with Gasteiger partial charge in [-0.05, 0) is 19.1 Å². The predicted molar refractivity (Wildman–Crippen MR) is 64.9 cm³/mol. The van der Waals surface area contributed by atoms with Crippen LogP contribution in [0, 0.1) is 0 Å². The van der Waals surface area contributed by atoms with Crippen LogP contribution in [0.1, 0.15) is 8.35 Å². The van der Waals surface area contributed by atoms with Crippen molar-refractivity contribution in [3.63, 3.8) is 0 Å². The van der Waals surface area contributed by atoms with Crippen molar-refractivity contribution in [1.82, 2.24) is 4.98 Å². The molecule has 4 nitrogen and oxygen atoms in total. The molecule has 0 fully saturated rings. The SMILES string of the molecule is CCS(=O)(=O)O.[H-].[Na+].c1ccc2ncccc2c1. The minimum absolute atomic E-state index is 0. The van der Waals surface area contributed by atoms with E-state index in [0.29, 0.717) is 0 Å². The van der Waals surface area contributed by atoms with E-state index < -0.39 is 10.1 Å². The molecule has 6 heteroatoms. The van der Waals surface area contributed by atoms with E-state index in [4.69, 9.17) is 4.55 Å². The third kappa shape index (κ3) is 6.75. The maximum atomic E-state index is 9.56. The van der Waals surface area contributed by atoms with Gasteiger partial charge in [-0.15, -0.1) is 0 Å². The number of hydrogen-bond donors (Lipinski definition) is 1. The number of pyridine rings is 1. The summed E-state index contributed by atoms with van der Waals surface area (Å²) in [4.78, 5) is 4.18. The fourth-order valence-corrected chi connectivity index (χ4v) is 1.02. The van der Waals surface area contributed by atoms with E-state index in [2.05, 4.69) is 17.1 Å². The number of nitrogens with zero attached hydrogens (tertiary/aromatic N) is 1. The number of para-hydroxylation sites is 1. The van der Waals surface area contributed by atoms with Gasteiger partial charge in [0.25, 0.3) is 10.1 Å². The second kappa shape index (κ2) is 7.79. The molecule has 2 aromatic rings. The molecule has 0 radical (unpaired) electrons. The Labute approximate surface area is 125 Å². The van der Waals surface area contributed by atoms with Gasteiger partial charge in [0.05, 0.1) is 11.3 Å². The molecule has 0 aliphatic carbocycles. The van der Waals surface area contributed by atoms with Crippen LogP contribution >= 0.6 is 0 Å². The number of aromatic nitrogens is 1. The van der Waals surface area contributed by atoms with E-state index in [9.17, 15) is 8.42 Å².